The minimum Gasteiger partial charge on any atom is -0.379 e. The molecule has 13 heteroatoms. The van der Waals surface area contributed by atoms with Gasteiger partial charge >= 0.3 is 6.15 Å². The Labute approximate surface area is 364 Å². The van der Waals surface area contributed by atoms with Gasteiger partial charge in [0, 0.05) is 43.1 Å². The molecule has 0 bridgehead atoms. The summed E-state index contributed by atoms with van der Waals surface area (Å²) in [5.74, 6) is 0.0456. The molecule has 0 radical (unpaired) electrons. The van der Waals surface area contributed by atoms with Crippen molar-refractivity contribution in [2.45, 2.75) is 0 Å². The van der Waals surface area contributed by atoms with Gasteiger partial charge in [-0.05, 0) is 107 Å². The number of ether oxygens (including phenoxy) is 2. The minimum atomic E-state index is 0.0456. The Morgan fingerprint density at radius 2 is 1.00 bits per heavy atom. The second-order valence-electron chi connectivity index (χ2n) is 14.2. The lowest BCUT2D eigenvalue weighted by molar-refractivity contribution is -0.191. The number of hydrogen-bond acceptors (Lipinski definition) is 10. The van der Waals surface area contributed by atoms with E-state index in [9.17, 15) is 4.79 Å². The summed E-state index contributed by atoms with van der Waals surface area (Å²) in [5, 5.41) is 21.1. The molecule has 0 atom stereocenters. The van der Waals surface area contributed by atoms with Crippen LogP contribution in [0.4, 0.5) is 0 Å². The molecule has 1 N–H and O–H groups in total. The first-order valence-electron chi connectivity index (χ1n) is 20.3. The van der Waals surface area contributed by atoms with Gasteiger partial charge in [0.1, 0.15) is 12.7 Å². The fourth-order valence-corrected chi connectivity index (χ4v) is 7.08. The van der Waals surface area contributed by atoms with E-state index in [-0.39, 0.29) is 12.1 Å². The number of fused-ring (bicyclic) bond motifs is 2. The summed E-state index contributed by atoms with van der Waals surface area (Å²) < 4.78 is 14.4. The molecule has 312 valence electrons. The number of benzene rings is 6. The number of carbonyl (C=O) groups is 1. The van der Waals surface area contributed by atoms with E-state index in [4.69, 9.17) is 29.6 Å². The predicted octanol–water partition coefficient (Wildman–Crippen LogP) is 7.62. The number of morpholine rings is 2. The van der Waals surface area contributed by atoms with Gasteiger partial charge in [0.2, 0.25) is 0 Å². The molecule has 2 saturated heterocycles. The van der Waals surface area contributed by atoms with Crippen LogP contribution in [0.25, 0.3) is 55.7 Å². The second-order valence-corrected chi connectivity index (χ2v) is 14.2. The average Bonchev–Trinajstić information content (AvgIpc) is 4.00. The van der Waals surface area contributed by atoms with E-state index in [0.717, 1.165) is 76.4 Å². The maximum atomic E-state index is 12.7. The predicted molar refractivity (Wildman–Crippen MR) is 238 cm³/mol. The Kier molecular flexibility index (Phi) is 14.7. The summed E-state index contributed by atoms with van der Waals surface area (Å²) >= 11 is 0. The number of carbonyl (C=O) groups excluding carboxylic acids is 3. The lowest BCUT2D eigenvalue weighted by Crippen LogP contribution is -2.40. The Morgan fingerprint density at radius 3 is 1.43 bits per heavy atom. The number of nitrogens with zero attached hydrogens (tertiary/aromatic N) is 7. The Balaban J connectivity index is 0.000000162. The number of rotatable bonds is 5. The van der Waals surface area contributed by atoms with Crippen molar-refractivity contribution in [2.24, 2.45) is 0 Å². The zero-order valence-corrected chi connectivity index (χ0v) is 34.3. The number of nitrogens with one attached hydrogen (secondary N) is 1. The van der Waals surface area contributed by atoms with Crippen LogP contribution in [0.15, 0.2) is 152 Å². The van der Waals surface area contributed by atoms with Crippen LogP contribution in [0.1, 0.15) is 21.5 Å². The summed E-state index contributed by atoms with van der Waals surface area (Å²) in [6.07, 6.45) is 3.86. The van der Waals surface area contributed by atoms with Gasteiger partial charge in [0.15, 0.2) is 0 Å². The maximum absolute atomic E-state index is 12.7. The first kappa shape index (κ1) is 43.1. The molecule has 10 rings (SSSR count). The molecule has 0 aliphatic carbocycles. The molecule has 2 aromatic heterocycles. The van der Waals surface area contributed by atoms with Crippen molar-refractivity contribution in [1.82, 2.24) is 29.3 Å². The number of amides is 1. The Bertz CT molecular complexity index is 2870. The second kappa shape index (κ2) is 21.5. The topological polar surface area (TPSA) is 168 Å². The molecule has 6 aromatic carbocycles. The number of imidazole rings is 2. The molecule has 4 heterocycles. The third kappa shape index (κ3) is 10.8. The third-order valence-corrected chi connectivity index (χ3v) is 10.4. The first-order chi connectivity index (χ1) is 31.0. The first-order valence-corrected chi connectivity index (χ1v) is 20.3. The van der Waals surface area contributed by atoms with Crippen molar-refractivity contribution in [3.8, 4) is 45.8 Å². The van der Waals surface area contributed by atoms with E-state index in [1.807, 2.05) is 117 Å². The van der Waals surface area contributed by atoms with Gasteiger partial charge in [-0.25, -0.2) is 9.97 Å². The SMILES string of the molecule is C1COCCN1.N#Cc1ccc(-n2cnc3ccc(-c4ccc(C(=O)N5CCOCC5)cc4)cc32)cc1.N#Cc1ccc(-n2cnc3ccc(-c4ccccc4)cc32)cc1.O=C=O. The summed E-state index contributed by atoms with van der Waals surface area (Å²) in [6.45, 7) is 6.29. The molecule has 63 heavy (non-hydrogen) atoms. The molecule has 13 nitrogen and oxygen atoms in total. The lowest BCUT2D eigenvalue weighted by atomic mass is 10.0. The highest BCUT2D eigenvalue weighted by molar-refractivity contribution is 5.95. The summed E-state index contributed by atoms with van der Waals surface area (Å²) in [6, 6.07) is 49.7. The van der Waals surface area contributed by atoms with Gasteiger partial charge in [-0.15, -0.1) is 0 Å². The van der Waals surface area contributed by atoms with Gasteiger partial charge < -0.3 is 19.7 Å². The van der Waals surface area contributed by atoms with Crippen LogP contribution in [0.5, 0.6) is 0 Å². The van der Waals surface area contributed by atoms with Gasteiger partial charge in [-0.1, -0.05) is 54.6 Å². The largest absolute Gasteiger partial charge is 0.379 e. The molecular weight excluding hydrogens is 793 g/mol. The Morgan fingerprint density at radius 1 is 0.556 bits per heavy atom. The smallest absolute Gasteiger partial charge is 0.373 e. The molecule has 2 aliphatic heterocycles. The number of aromatic nitrogens is 4. The summed E-state index contributed by atoms with van der Waals surface area (Å²) in [7, 11) is 0. The molecular formula is C50H42N8O5. The highest BCUT2D eigenvalue weighted by Crippen LogP contribution is 2.28. The van der Waals surface area contributed by atoms with E-state index in [2.05, 4.69) is 57.8 Å². The third-order valence-electron chi connectivity index (χ3n) is 10.4. The van der Waals surface area contributed by atoms with E-state index in [1.165, 1.54) is 5.56 Å². The van der Waals surface area contributed by atoms with Gasteiger partial charge in [-0.2, -0.15) is 20.1 Å². The van der Waals surface area contributed by atoms with Crippen LogP contribution in [0.3, 0.4) is 0 Å². The molecule has 0 spiro atoms. The normalized spacial score (nSPS) is 13.1. The highest BCUT2D eigenvalue weighted by atomic mass is 16.5. The van der Waals surface area contributed by atoms with Crippen molar-refractivity contribution < 1.29 is 23.9 Å². The van der Waals surface area contributed by atoms with E-state index >= 15 is 0 Å². The fourth-order valence-electron chi connectivity index (χ4n) is 7.08. The van der Waals surface area contributed by atoms with Crippen molar-refractivity contribution in [1.29, 1.82) is 10.5 Å². The van der Waals surface area contributed by atoms with Gasteiger partial charge in [-0.3, -0.25) is 13.9 Å². The summed E-state index contributed by atoms with van der Waals surface area (Å²) in [5.41, 5.74) is 12.2. The van der Waals surface area contributed by atoms with Crippen LogP contribution in [-0.4, -0.2) is 88.7 Å². The van der Waals surface area contributed by atoms with Gasteiger partial charge in [0.25, 0.3) is 5.91 Å². The van der Waals surface area contributed by atoms with Crippen LogP contribution in [-0.2, 0) is 19.1 Å². The van der Waals surface area contributed by atoms with Crippen molar-refractivity contribution in [3.63, 3.8) is 0 Å². The van der Waals surface area contributed by atoms with Crippen molar-refractivity contribution in [2.75, 3.05) is 52.6 Å². The van der Waals surface area contributed by atoms with Crippen molar-refractivity contribution in [3.05, 3.63) is 169 Å². The summed E-state index contributed by atoms with van der Waals surface area (Å²) in [4.78, 5) is 39.7. The number of hydrogen-bond donors (Lipinski definition) is 1. The molecule has 2 aliphatic rings. The van der Waals surface area contributed by atoms with Crippen LogP contribution < -0.4 is 5.32 Å². The number of nitriles is 2. The van der Waals surface area contributed by atoms with E-state index in [1.54, 1.807) is 18.5 Å². The molecule has 2 fully saturated rings. The standard InChI is InChI=1S/C25H20N4O2.C20H13N3.C4H9NO.CO2/c26-16-18-1-8-22(9-2-18)29-17-27-23-10-7-21(15-24(23)29)19-3-5-20(6-4-19)25(30)28-11-13-31-14-12-28;21-13-15-6-9-18(10-7-15)23-14-22-19-11-8-17(12-20(19)23)16-4-2-1-3-5-16;1-3-6-4-2-5-1;2-1-3/h1-10,15,17H,11-14H2;1-12,14H;5H,1-4H2;. The zero-order valence-electron chi connectivity index (χ0n) is 34.3. The van der Waals surface area contributed by atoms with E-state index in [0.29, 0.717) is 43.0 Å². The molecule has 8 aromatic rings. The van der Waals surface area contributed by atoms with Gasteiger partial charge in [0.05, 0.1) is 71.8 Å². The maximum Gasteiger partial charge on any atom is 0.373 e. The average molecular weight is 835 g/mol. The van der Waals surface area contributed by atoms with E-state index < -0.39 is 0 Å². The highest BCUT2D eigenvalue weighted by Gasteiger charge is 2.18. The lowest BCUT2D eigenvalue weighted by Gasteiger charge is -2.26. The quantitative estimate of drug-likeness (QED) is 0.182. The minimum absolute atomic E-state index is 0.0456. The van der Waals surface area contributed by atoms with Crippen LogP contribution in [0.2, 0.25) is 0 Å². The Hall–Kier alpha value is -8.03. The van der Waals surface area contributed by atoms with Crippen LogP contribution >= 0.6 is 0 Å². The molecule has 0 saturated carbocycles. The monoisotopic (exact) mass is 834 g/mol. The molecule has 1 amide bonds. The zero-order chi connectivity index (χ0) is 43.8. The fraction of sp³-hybridized carbons (Fsp3) is 0.160. The van der Waals surface area contributed by atoms with Crippen molar-refractivity contribution >= 4 is 34.1 Å². The van der Waals surface area contributed by atoms with Crippen LogP contribution in [0, 0.1) is 22.7 Å². The molecule has 0 unspecified atom stereocenters.